The smallest absolute Gasteiger partial charge is 0.254 e. The summed E-state index contributed by atoms with van der Waals surface area (Å²) in [5.74, 6) is 1.22. The van der Waals surface area contributed by atoms with E-state index in [1.807, 2.05) is 60.0 Å². The van der Waals surface area contributed by atoms with Crippen molar-refractivity contribution in [2.45, 2.75) is 39.5 Å². The first-order valence-electron chi connectivity index (χ1n) is 11.4. The van der Waals surface area contributed by atoms with Crippen molar-refractivity contribution in [2.75, 3.05) is 32.8 Å². The fourth-order valence-corrected chi connectivity index (χ4v) is 4.65. The molecular formula is C26H32N2O3. The number of hydrogen-bond acceptors (Lipinski definition) is 3. The lowest BCUT2D eigenvalue weighted by atomic mass is 9.97. The normalized spacial score (nSPS) is 18.8. The molecular weight excluding hydrogens is 388 g/mol. The molecule has 2 aliphatic rings. The lowest BCUT2D eigenvalue weighted by Gasteiger charge is -2.33. The average molecular weight is 421 g/mol. The Hall–Kier alpha value is -2.82. The highest BCUT2D eigenvalue weighted by atomic mass is 16.5. The summed E-state index contributed by atoms with van der Waals surface area (Å²) in [6.07, 6.45) is 4.20. The molecule has 0 aromatic heterocycles. The highest BCUT2D eigenvalue weighted by molar-refractivity contribution is 5.96. The molecule has 0 N–H and O–H groups in total. The third-order valence-corrected chi connectivity index (χ3v) is 6.38. The number of carbonyl (C=O) groups is 2. The number of likely N-dealkylation sites (tertiary alicyclic amines) is 2. The first kappa shape index (κ1) is 21.4. The van der Waals surface area contributed by atoms with Crippen LogP contribution in [0.1, 0.15) is 57.5 Å². The Morgan fingerprint density at radius 3 is 2.48 bits per heavy atom. The van der Waals surface area contributed by atoms with E-state index in [1.165, 1.54) is 5.56 Å². The summed E-state index contributed by atoms with van der Waals surface area (Å²) >= 11 is 0. The minimum absolute atomic E-state index is 0.0888. The number of amides is 2. The average Bonchev–Trinajstić information content (AvgIpc) is 3.32. The highest BCUT2D eigenvalue weighted by Crippen LogP contribution is 2.23. The third-order valence-electron chi connectivity index (χ3n) is 6.38. The van der Waals surface area contributed by atoms with E-state index in [9.17, 15) is 9.59 Å². The van der Waals surface area contributed by atoms with Crippen LogP contribution in [0.15, 0.2) is 42.5 Å². The SMILES string of the molecule is Cc1ccc(C(=O)N2CCC[C@@H](COc3cccc(C(=O)N4CCCC4)c3)C2)c(C)c1. The predicted molar refractivity (Wildman–Crippen MR) is 122 cm³/mol. The van der Waals surface area contributed by atoms with Gasteiger partial charge in [0.15, 0.2) is 0 Å². The van der Waals surface area contributed by atoms with Crippen molar-refractivity contribution in [3.8, 4) is 5.75 Å². The van der Waals surface area contributed by atoms with Crippen molar-refractivity contribution in [1.29, 1.82) is 0 Å². The van der Waals surface area contributed by atoms with Crippen LogP contribution in [0.2, 0.25) is 0 Å². The number of rotatable bonds is 5. The van der Waals surface area contributed by atoms with Crippen molar-refractivity contribution in [3.63, 3.8) is 0 Å². The molecule has 0 radical (unpaired) electrons. The van der Waals surface area contributed by atoms with E-state index in [1.54, 1.807) is 0 Å². The van der Waals surface area contributed by atoms with E-state index < -0.39 is 0 Å². The molecule has 2 aliphatic heterocycles. The van der Waals surface area contributed by atoms with Gasteiger partial charge in [-0.2, -0.15) is 0 Å². The van der Waals surface area contributed by atoms with E-state index >= 15 is 0 Å². The first-order chi connectivity index (χ1) is 15.0. The fraction of sp³-hybridized carbons (Fsp3) is 0.462. The molecule has 2 amide bonds. The van der Waals surface area contributed by atoms with Gasteiger partial charge in [-0.05, 0) is 69.4 Å². The number of benzene rings is 2. The summed E-state index contributed by atoms with van der Waals surface area (Å²) in [6.45, 7) is 7.79. The number of hydrogen-bond donors (Lipinski definition) is 0. The molecule has 0 unspecified atom stereocenters. The van der Waals surface area contributed by atoms with Gasteiger partial charge in [-0.25, -0.2) is 0 Å². The minimum atomic E-state index is 0.0888. The lowest BCUT2D eigenvalue weighted by molar-refractivity contribution is 0.0631. The van der Waals surface area contributed by atoms with E-state index in [0.29, 0.717) is 24.6 Å². The molecule has 2 fully saturated rings. The largest absolute Gasteiger partial charge is 0.493 e. The molecule has 0 spiro atoms. The molecule has 0 bridgehead atoms. The zero-order chi connectivity index (χ0) is 21.8. The Kier molecular flexibility index (Phi) is 6.59. The van der Waals surface area contributed by atoms with Crippen LogP contribution in [-0.2, 0) is 0 Å². The van der Waals surface area contributed by atoms with Crippen molar-refractivity contribution >= 4 is 11.8 Å². The molecule has 2 saturated heterocycles. The van der Waals surface area contributed by atoms with Gasteiger partial charge < -0.3 is 14.5 Å². The van der Waals surface area contributed by atoms with Crippen LogP contribution < -0.4 is 4.74 Å². The lowest BCUT2D eigenvalue weighted by Crippen LogP contribution is -2.41. The fourth-order valence-electron chi connectivity index (χ4n) is 4.65. The molecule has 2 aromatic carbocycles. The predicted octanol–water partition coefficient (Wildman–Crippen LogP) is 4.47. The van der Waals surface area contributed by atoms with Crippen LogP contribution >= 0.6 is 0 Å². The van der Waals surface area contributed by atoms with Gasteiger partial charge in [-0.1, -0.05) is 23.8 Å². The highest BCUT2D eigenvalue weighted by Gasteiger charge is 2.26. The standard InChI is InChI=1S/C26H32N2O3/c1-19-10-11-24(20(2)15-19)26(30)28-14-6-7-21(17-28)18-31-23-9-5-8-22(16-23)25(29)27-12-3-4-13-27/h5,8-11,15-16,21H,3-4,6-7,12-14,17-18H2,1-2H3/t21-/m1/s1. The maximum absolute atomic E-state index is 13.0. The number of carbonyl (C=O) groups excluding carboxylic acids is 2. The first-order valence-corrected chi connectivity index (χ1v) is 11.4. The van der Waals surface area contributed by atoms with Crippen molar-refractivity contribution < 1.29 is 14.3 Å². The van der Waals surface area contributed by atoms with Crippen LogP contribution in [0.5, 0.6) is 5.75 Å². The second-order valence-corrected chi connectivity index (χ2v) is 8.92. The zero-order valence-corrected chi connectivity index (χ0v) is 18.6. The molecule has 1 atom stereocenters. The van der Waals surface area contributed by atoms with E-state index in [0.717, 1.165) is 62.2 Å². The van der Waals surface area contributed by atoms with Gasteiger partial charge in [0.05, 0.1) is 6.61 Å². The van der Waals surface area contributed by atoms with E-state index in [2.05, 4.69) is 6.07 Å². The summed E-state index contributed by atoms with van der Waals surface area (Å²) in [4.78, 5) is 29.5. The minimum Gasteiger partial charge on any atom is -0.493 e. The Labute approximate surface area is 185 Å². The van der Waals surface area contributed by atoms with Crippen molar-refractivity contribution in [1.82, 2.24) is 9.80 Å². The molecule has 0 aliphatic carbocycles. The second kappa shape index (κ2) is 9.54. The molecule has 2 aromatic rings. The molecule has 0 saturated carbocycles. The maximum Gasteiger partial charge on any atom is 0.254 e. The monoisotopic (exact) mass is 420 g/mol. The topological polar surface area (TPSA) is 49.9 Å². The van der Waals surface area contributed by atoms with Crippen LogP contribution in [0.25, 0.3) is 0 Å². The van der Waals surface area contributed by atoms with Crippen LogP contribution in [0.3, 0.4) is 0 Å². The van der Waals surface area contributed by atoms with Gasteiger partial charge >= 0.3 is 0 Å². The molecule has 2 heterocycles. The number of piperidine rings is 1. The van der Waals surface area contributed by atoms with Gasteiger partial charge in [0, 0.05) is 43.2 Å². The molecule has 164 valence electrons. The Morgan fingerprint density at radius 2 is 1.71 bits per heavy atom. The van der Waals surface area contributed by atoms with Gasteiger partial charge in [0.25, 0.3) is 11.8 Å². The quantitative estimate of drug-likeness (QED) is 0.717. The zero-order valence-electron chi connectivity index (χ0n) is 18.6. The summed E-state index contributed by atoms with van der Waals surface area (Å²) in [5.41, 5.74) is 3.68. The van der Waals surface area contributed by atoms with Gasteiger partial charge in [0.2, 0.25) is 0 Å². The third kappa shape index (κ3) is 5.09. The van der Waals surface area contributed by atoms with Crippen LogP contribution in [0, 0.1) is 19.8 Å². The molecule has 31 heavy (non-hydrogen) atoms. The number of aryl methyl sites for hydroxylation is 2. The number of ether oxygens (including phenoxy) is 1. The van der Waals surface area contributed by atoms with Gasteiger partial charge in [-0.3, -0.25) is 9.59 Å². The van der Waals surface area contributed by atoms with Crippen molar-refractivity contribution in [3.05, 3.63) is 64.7 Å². The van der Waals surface area contributed by atoms with Crippen molar-refractivity contribution in [2.24, 2.45) is 5.92 Å². The molecule has 5 nitrogen and oxygen atoms in total. The summed E-state index contributed by atoms with van der Waals surface area (Å²) in [5, 5.41) is 0. The molecule has 4 rings (SSSR count). The van der Waals surface area contributed by atoms with Gasteiger partial charge in [-0.15, -0.1) is 0 Å². The summed E-state index contributed by atoms with van der Waals surface area (Å²) in [7, 11) is 0. The second-order valence-electron chi connectivity index (χ2n) is 8.92. The Bertz CT molecular complexity index is 949. The van der Waals surface area contributed by atoms with Crippen LogP contribution in [0.4, 0.5) is 0 Å². The Morgan fingerprint density at radius 1 is 0.935 bits per heavy atom. The van der Waals surface area contributed by atoms with Gasteiger partial charge in [0.1, 0.15) is 5.75 Å². The maximum atomic E-state index is 13.0. The van der Waals surface area contributed by atoms with E-state index in [4.69, 9.17) is 4.74 Å². The van der Waals surface area contributed by atoms with E-state index in [-0.39, 0.29) is 11.8 Å². The number of nitrogens with zero attached hydrogens (tertiary/aromatic N) is 2. The Balaban J connectivity index is 1.35. The van der Waals surface area contributed by atoms with Crippen LogP contribution in [-0.4, -0.2) is 54.4 Å². The summed E-state index contributed by atoms with van der Waals surface area (Å²) < 4.78 is 6.06. The summed E-state index contributed by atoms with van der Waals surface area (Å²) in [6, 6.07) is 13.5. The molecule has 5 heteroatoms.